The van der Waals surface area contributed by atoms with Crippen LogP contribution in [0.1, 0.15) is 22.7 Å². The second-order valence-corrected chi connectivity index (χ2v) is 7.24. The first-order valence-electron chi connectivity index (χ1n) is 8.86. The molecule has 0 saturated carbocycles. The first kappa shape index (κ1) is 16.8. The lowest BCUT2D eigenvalue weighted by atomic mass is 10.1. The van der Waals surface area contributed by atoms with E-state index < -0.39 is 0 Å². The summed E-state index contributed by atoms with van der Waals surface area (Å²) in [6.45, 7) is 0. The Labute approximate surface area is 165 Å². The second kappa shape index (κ2) is 7.36. The molecule has 28 heavy (non-hydrogen) atoms. The molecular formula is C21H15N5OS. The molecule has 0 unspecified atom stereocenters. The predicted molar refractivity (Wildman–Crippen MR) is 106 cm³/mol. The van der Waals surface area contributed by atoms with E-state index in [9.17, 15) is 0 Å². The molecule has 0 amide bonds. The van der Waals surface area contributed by atoms with Crippen LogP contribution < -0.4 is 0 Å². The summed E-state index contributed by atoms with van der Waals surface area (Å²) in [5.41, 5.74) is 4.92. The number of hydrogen-bond acceptors (Lipinski definition) is 7. The number of rotatable bonds is 5. The van der Waals surface area contributed by atoms with Crippen molar-refractivity contribution >= 4 is 23.2 Å². The van der Waals surface area contributed by atoms with Crippen LogP contribution in [0.15, 0.2) is 86.6 Å². The number of fused-ring (bicyclic) bond motifs is 1. The Balaban J connectivity index is 1.38. The Morgan fingerprint density at radius 3 is 2.50 bits per heavy atom. The summed E-state index contributed by atoms with van der Waals surface area (Å²) in [5.74, 6) is 0.577. The molecule has 5 rings (SSSR count). The van der Waals surface area contributed by atoms with Gasteiger partial charge in [-0.1, -0.05) is 60.7 Å². The van der Waals surface area contributed by atoms with E-state index in [1.54, 1.807) is 6.33 Å². The lowest BCUT2D eigenvalue weighted by Crippen LogP contribution is -2.00. The third-order valence-electron chi connectivity index (χ3n) is 4.38. The van der Waals surface area contributed by atoms with Gasteiger partial charge in [0.05, 0.1) is 17.8 Å². The van der Waals surface area contributed by atoms with Crippen molar-refractivity contribution in [3.63, 3.8) is 0 Å². The highest BCUT2D eigenvalue weighted by Gasteiger charge is 2.23. The van der Waals surface area contributed by atoms with Crippen molar-refractivity contribution in [1.82, 2.24) is 20.2 Å². The van der Waals surface area contributed by atoms with Crippen LogP contribution in [0.5, 0.6) is 0 Å². The minimum absolute atomic E-state index is 0.454. The molecule has 1 aliphatic rings. The number of hydrogen-bond donors (Lipinski definition) is 0. The minimum atomic E-state index is 0.454. The fourth-order valence-electron chi connectivity index (χ4n) is 3.05. The standard InChI is InChI=1S/C21H15N5OS/c1-3-7-14(8-4-1)11-18-25-26-21(27-18)28-20-19-17(22-13-23-20)12-16(24-19)15-9-5-2-6-10-15/h1-10,13H,11-12H2. The van der Waals surface area contributed by atoms with E-state index in [1.165, 1.54) is 11.8 Å². The second-order valence-electron chi connectivity index (χ2n) is 6.30. The number of benzene rings is 2. The normalized spacial score (nSPS) is 12.6. The molecule has 0 aliphatic carbocycles. The smallest absolute Gasteiger partial charge is 0.283 e. The molecule has 7 heteroatoms. The van der Waals surface area contributed by atoms with Gasteiger partial charge in [-0.2, -0.15) is 0 Å². The summed E-state index contributed by atoms with van der Waals surface area (Å²) in [7, 11) is 0. The summed E-state index contributed by atoms with van der Waals surface area (Å²) in [5, 5.41) is 9.48. The molecule has 0 spiro atoms. The van der Waals surface area contributed by atoms with E-state index >= 15 is 0 Å². The Morgan fingerprint density at radius 2 is 1.68 bits per heavy atom. The van der Waals surface area contributed by atoms with Gasteiger partial charge in [-0.15, -0.1) is 10.2 Å². The van der Waals surface area contributed by atoms with Gasteiger partial charge >= 0.3 is 0 Å². The molecule has 0 fully saturated rings. The van der Waals surface area contributed by atoms with E-state index in [1.807, 2.05) is 48.5 Å². The molecule has 4 aromatic rings. The third-order valence-corrected chi connectivity index (χ3v) is 5.22. The zero-order chi connectivity index (χ0) is 18.8. The number of aliphatic imine (C=N–C) groups is 1. The minimum Gasteiger partial charge on any atom is -0.415 e. The summed E-state index contributed by atoms with van der Waals surface area (Å²) in [6, 6.07) is 20.2. The van der Waals surface area contributed by atoms with Gasteiger partial charge in [0.1, 0.15) is 17.0 Å². The highest BCUT2D eigenvalue weighted by atomic mass is 32.2. The fourth-order valence-corrected chi connectivity index (χ4v) is 3.79. The molecule has 0 radical (unpaired) electrons. The quantitative estimate of drug-likeness (QED) is 0.477. The van der Waals surface area contributed by atoms with Gasteiger partial charge in [0, 0.05) is 6.42 Å². The SMILES string of the molecule is c1ccc(Cc2nnc(Sc3ncnc4c3N=C(c3ccccc3)C4)o2)cc1. The van der Waals surface area contributed by atoms with Gasteiger partial charge < -0.3 is 4.42 Å². The largest absolute Gasteiger partial charge is 0.415 e. The van der Waals surface area contributed by atoms with Gasteiger partial charge in [-0.05, 0) is 22.9 Å². The van der Waals surface area contributed by atoms with Gasteiger partial charge in [-0.3, -0.25) is 0 Å². The molecule has 6 nitrogen and oxygen atoms in total. The van der Waals surface area contributed by atoms with Crippen LogP contribution in [-0.2, 0) is 12.8 Å². The first-order chi connectivity index (χ1) is 13.8. The molecule has 136 valence electrons. The molecule has 0 bridgehead atoms. The summed E-state index contributed by atoms with van der Waals surface area (Å²) >= 11 is 1.32. The summed E-state index contributed by atoms with van der Waals surface area (Å²) < 4.78 is 5.79. The third kappa shape index (κ3) is 3.44. The van der Waals surface area contributed by atoms with Crippen LogP contribution in [0.4, 0.5) is 5.69 Å². The Morgan fingerprint density at radius 1 is 0.893 bits per heavy atom. The lowest BCUT2D eigenvalue weighted by molar-refractivity contribution is 0.420. The molecule has 0 N–H and O–H groups in total. The van der Waals surface area contributed by atoms with Crippen molar-refractivity contribution < 1.29 is 4.42 Å². The van der Waals surface area contributed by atoms with Crippen LogP contribution in [0.3, 0.4) is 0 Å². The van der Waals surface area contributed by atoms with E-state index in [0.717, 1.165) is 33.2 Å². The Bertz CT molecular complexity index is 1140. The number of nitrogens with zero attached hydrogens (tertiary/aromatic N) is 5. The van der Waals surface area contributed by atoms with Crippen LogP contribution in [-0.4, -0.2) is 25.9 Å². The number of aromatic nitrogens is 4. The van der Waals surface area contributed by atoms with E-state index in [4.69, 9.17) is 9.41 Å². The van der Waals surface area contributed by atoms with Gasteiger partial charge in [0.2, 0.25) is 5.89 Å². The highest BCUT2D eigenvalue weighted by Crippen LogP contribution is 2.38. The first-order valence-corrected chi connectivity index (χ1v) is 9.68. The summed E-state index contributed by atoms with van der Waals surface area (Å²) in [4.78, 5) is 13.6. The lowest BCUT2D eigenvalue weighted by Gasteiger charge is -2.00. The van der Waals surface area contributed by atoms with Crippen LogP contribution >= 0.6 is 11.8 Å². The van der Waals surface area contributed by atoms with Crippen LogP contribution in [0.2, 0.25) is 0 Å². The van der Waals surface area contributed by atoms with Crippen molar-refractivity contribution in [2.24, 2.45) is 4.99 Å². The van der Waals surface area contributed by atoms with Crippen molar-refractivity contribution in [2.45, 2.75) is 23.1 Å². The highest BCUT2D eigenvalue weighted by molar-refractivity contribution is 7.99. The maximum absolute atomic E-state index is 5.79. The molecule has 1 aliphatic heterocycles. The average molecular weight is 385 g/mol. The molecule has 0 atom stereocenters. The van der Waals surface area contributed by atoms with Crippen LogP contribution in [0.25, 0.3) is 0 Å². The van der Waals surface area contributed by atoms with E-state index in [-0.39, 0.29) is 0 Å². The monoisotopic (exact) mass is 385 g/mol. The van der Waals surface area contributed by atoms with Crippen molar-refractivity contribution in [2.75, 3.05) is 0 Å². The van der Waals surface area contributed by atoms with E-state index in [2.05, 4.69) is 32.3 Å². The Hall–Kier alpha value is -3.32. The van der Waals surface area contributed by atoms with Gasteiger partial charge in [0.25, 0.3) is 5.22 Å². The average Bonchev–Trinajstić information content (AvgIpc) is 3.37. The van der Waals surface area contributed by atoms with Crippen LogP contribution in [0, 0.1) is 0 Å². The fraction of sp³-hybridized carbons (Fsp3) is 0.0952. The predicted octanol–water partition coefficient (Wildman–Crippen LogP) is 4.28. The maximum atomic E-state index is 5.79. The zero-order valence-corrected chi connectivity index (χ0v) is 15.6. The zero-order valence-electron chi connectivity index (χ0n) is 14.8. The van der Waals surface area contributed by atoms with Gasteiger partial charge in [0.15, 0.2) is 0 Å². The van der Waals surface area contributed by atoms with Crippen molar-refractivity contribution in [1.29, 1.82) is 0 Å². The van der Waals surface area contributed by atoms with Crippen molar-refractivity contribution in [3.8, 4) is 0 Å². The van der Waals surface area contributed by atoms with Gasteiger partial charge in [-0.25, -0.2) is 15.0 Å². The maximum Gasteiger partial charge on any atom is 0.283 e. The molecule has 2 aromatic carbocycles. The topological polar surface area (TPSA) is 77.1 Å². The molecular weight excluding hydrogens is 370 g/mol. The Kier molecular flexibility index (Phi) is 4.42. The van der Waals surface area contributed by atoms with Crippen molar-refractivity contribution in [3.05, 3.63) is 89.7 Å². The molecule has 0 saturated heterocycles. The molecule has 3 heterocycles. The van der Waals surface area contributed by atoms with E-state index in [0.29, 0.717) is 24.0 Å². The molecule has 2 aromatic heterocycles. The summed E-state index contributed by atoms with van der Waals surface area (Å²) in [6.07, 6.45) is 2.86.